The minimum absolute atomic E-state index is 0.0997. The maximum atomic E-state index is 12.1. The number of Topliss-reactive ketones (excluding diaryl/α,β-unsaturated/α-hetero) is 1. The Morgan fingerprint density at radius 3 is 2.44 bits per heavy atom. The van der Waals surface area contributed by atoms with Gasteiger partial charge in [-0.15, -0.1) is 0 Å². The molecule has 7 heteroatoms. The van der Waals surface area contributed by atoms with E-state index in [1.54, 1.807) is 44.2 Å². The Balaban J connectivity index is 2.75. The molecule has 0 bridgehead atoms. The average molecular weight is 453 g/mol. The molecule has 0 aromatic heterocycles. The van der Waals surface area contributed by atoms with Gasteiger partial charge in [0.25, 0.3) is 10.1 Å². The van der Waals surface area contributed by atoms with Crippen LogP contribution in [0.5, 0.6) is 5.75 Å². The van der Waals surface area contributed by atoms with Gasteiger partial charge in [-0.05, 0) is 60.7 Å². The SMILES string of the molecule is C=CCOc1cc(-c2c(C)cc(C)c(S(=O)(=O)O)c2C)ccc1C(=O)CBr. The van der Waals surface area contributed by atoms with E-state index in [2.05, 4.69) is 22.5 Å². The van der Waals surface area contributed by atoms with Gasteiger partial charge in [-0.2, -0.15) is 8.42 Å². The molecule has 2 aromatic rings. The largest absolute Gasteiger partial charge is 0.489 e. The van der Waals surface area contributed by atoms with E-state index in [4.69, 9.17) is 4.74 Å². The molecular weight excluding hydrogens is 432 g/mol. The van der Waals surface area contributed by atoms with Gasteiger partial charge in [0.2, 0.25) is 0 Å². The number of carbonyl (C=O) groups is 1. The third-order valence-corrected chi connectivity index (χ3v) is 5.86. The minimum atomic E-state index is -4.37. The Kier molecular flexibility index (Phi) is 6.62. The standard InChI is InChI=1S/C20H21BrO5S/c1-5-8-26-18-10-15(6-7-16(18)17(22)11-21)19-12(2)9-13(3)20(14(19)4)27(23,24)25/h5-7,9-10H,1,8,11H2,2-4H3,(H,23,24,25). The number of benzene rings is 2. The molecule has 2 rings (SSSR count). The molecule has 0 heterocycles. The molecule has 0 saturated heterocycles. The first kappa shape index (κ1) is 21.3. The van der Waals surface area contributed by atoms with Crippen molar-refractivity contribution in [2.45, 2.75) is 25.7 Å². The van der Waals surface area contributed by atoms with E-state index in [1.165, 1.54) is 0 Å². The van der Waals surface area contributed by atoms with Gasteiger partial charge in [-0.3, -0.25) is 9.35 Å². The van der Waals surface area contributed by atoms with Gasteiger partial charge in [0, 0.05) is 0 Å². The predicted molar refractivity (Wildman–Crippen MR) is 110 cm³/mol. The maximum Gasteiger partial charge on any atom is 0.295 e. The van der Waals surface area contributed by atoms with Crippen LogP contribution in [-0.4, -0.2) is 30.7 Å². The van der Waals surface area contributed by atoms with E-state index < -0.39 is 10.1 Å². The van der Waals surface area contributed by atoms with Crippen molar-refractivity contribution in [3.05, 3.63) is 59.2 Å². The highest BCUT2D eigenvalue weighted by atomic mass is 79.9. The summed E-state index contributed by atoms with van der Waals surface area (Å²) in [5, 5.41) is 0.159. The van der Waals surface area contributed by atoms with Crippen LogP contribution in [0.3, 0.4) is 0 Å². The fourth-order valence-electron chi connectivity index (χ4n) is 3.26. The third-order valence-electron chi connectivity index (χ3n) is 4.21. The molecule has 0 aliphatic rings. The number of rotatable bonds is 7. The van der Waals surface area contributed by atoms with Gasteiger partial charge < -0.3 is 4.74 Å². The second kappa shape index (κ2) is 8.37. The average Bonchev–Trinajstić information content (AvgIpc) is 2.57. The quantitative estimate of drug-likeness (QED) is 0.285. The fraction of sp³-hybridized carbons (Fsp3) is 0.250. The van der Waals surface area contributed by atoms with E-state index in [1.807, 2.05) is 6.92 Å². The van der Waals surface area contributed by atoms with Crippen LogP contribution in [0, 0.1) is 20.8 Å². The van der Waals surface area contributed by atoms with E-state index >= 15 is 0 Å². The van der Waals surface area contributed by atoms with Crippen molar-refractivity contribution in [2.24, 2.45) is 0 Å². The summed E-state index contributed by atoms with van der Waals surface area (Å²) < 4.78 is 38.9. The van der Waals surface area contributed by atoms with E-state index in [0.717, 1.165) is 5.56 Å². The van der Waals surface area contributed by atoms with Crippen LogP contribution in [0.1, 0.15) is 27.0 Å². The summed E-state index contributed by atoms with van der Waals surface area (Å²) in [6.45, 7) is 9.01. The first-order valence-electron chi connectivity index (χ1n) is 8.17. The Hall–Kier alpha value is -1.96. The molecule has 27 heavy (non-hydrogen) atoms. The highest BCUT2D eigenvalue weighted by Gasteiger charge is 2.22. The second-order valence-corrected chi connectivity index (χ2v) is 8.10. The fourth-order valence-corrected chi connectivity index (χ4v) is 4.51. The minimum Gasteiger partial charge on any atom is -0.489 e. The topological polar surface area (TPSA) is 80.7 Å². The summed E-state index contributed by atoms with van der Waals surface area (Å²) >= 11 is 3.16. The van der Waals surface area contributed by atoms with Crippen LogP contribution in [0.4, 0.5) is 0 Å². The second-order valence-electron chi connectivity index (χ2n) is 6.18. The van der Waals surface area contributed by atoms with E-state index in [9.17, 15) is 17.8 Å². The molecule has 0 unspecified atom stereocenters. The zero-order chi connectivity index (χ0) is 20.4. The predicted octanol–water partition coefficient (Wildman–Crippen LogP) is 4.67. The molecular formula is C20H21BrO5S. The number of hydrogen-bond donors (Lipinski definition) is 1. The van der Waals surface area contributed by atoms with Gasteiger partial charge in [-0.1, -0.05) is 40.7 Å². The lowest BCUT2D eigenvalue weighted by Gasteiger charge is -2.17. The third kappa shape index (κ3) is 4.48. The van der Waals surface area contributed by atoms with Crippen molar-refractivity contribution < 1.29 is 22.5 Å². The van der Waals surface area contributed by atoms with E-state index in [-0.39, 0.29) is 22.6 Å². The van der Waals surface area contributed by atoms with Crippen LogP contribution in [0.25, 0.3) is 11.1 Å². The van der Waals surface area contributed by atoms with Crippen molar-refractivity contribution in [3.63, 3.8) is 0 Å². The lowest BCUT2D eigenvalue weighted by molar-refractivity contribution is 0.102. The van der Waals surface area contributed by atoms with Crippen molar-refractivity contribution >= 4 is 31.8 Å². The van der Waals surface area contributed by atoms with Crippen LogP contribution in [0.2, 0.25) is 0 Å². The molecule has 0 atom stereocenters. The number of aryl methyl sites for hydroxylation is 2. The Morgan fingerprint density at radius 1 is 1.22 bits per heavy atom. The summed E-state index contributed by atoms with van der Waals surface area (Å²) in [5.41, 5.74) is 3.57. The highest BCUT2D eigenvalue weighted by Crippen LogP contribution is 2.36. The first-order valence-corrected chi connectivity index (χ1v) is 10.7. The molecule has 0 saturated carbocycles. The zero-order valence-electron chi connectivity index (χ0n) is 15.4. The van der Waals surface area contributed by atoms with Gasteiger partial charge >= 0.3 is 0 Å². The number of hydrogen-bond acceptors (Lipinski definition) is 4. The maximum absolute atomic E-state index is 12.1. The number of ketones is 1. The molecule has 0 amide bonds. The molecule has 0 aliphatic heterocycles. The normalized spacial score (nSPS) is 11.3. The van der Waals surface area contributed by atoms with Crippen molar-refractivity contribution in [3.8, 4) is 16.9 Å². The van der Waals surface area contributed by atoms with Gasteiger partial charge in [-0.25, -0.2) is 0 Å². The van der Waals surface area contributed by atoms with Gasteiger partial charge in [0.1, 0.15) is 17.3 Å². The number of carbonyl (C=O) groups excluding carboxylic acids is 1. The highest BCUT2D eigenvalue weighted by molar-refractivity contribution is 9.09. The number of ether oxygens (including phenoxy) is 1. The van der Waals surface area contributed by atoms with Gasteiger partial charge in [0.15, 0.2) is 5.78 Å². The lowest BCUT2D eigenvalue weighted by atomic mass is 9.92. The zero-order valence-corrected chi connectivity index (χ0v) is 17.8. The van der Waals surface area contributed by atoms with Crippen LogP contribution < -0.4 is 4.74 Å². The van der Waals surface area contributed by atoms with Gasteiger partial charge in [0.05, 0.1) is 10.9 Å². The lowest BCUT2D eigenvalue weighted by Crippen LogP contribution is -2.08. The molecule has 0 radical (unpaired) electrons. The summed E-state index contributed by atoms with van der Waals surface area (Å²) in [6, 6.07) is 6.82. The van der Waals surface area contributed by atoms with Crippen molar-refractivity contribution in [1.29, 1.82) is 0 Å². The molecule has 0 fully saturated rings. The van der Waals surface area contributed by atoms with E-state index in [0.29, 0.717) is 33.6 Å². The summed E-state index contributed by atoms with van der Waals surface area (Å²) in [7, 11) is -4.37. The smallest absolute Gasteiger partial charge is 0.295 e. The number of halogens is 1. The molecule has 5 nitrogen and oxygen atoms in total. The monoisotopic (exact) mass is 452 g/mol. The van der Waals surface area contributed by atoms with Crippen molar-refractivity contribution in [1.82, 2.24) is 0 Å². The molecule has 144 valence electrons. The van der Waals surface area contributed by atoms with Crippen LogP contribution in [0.15, 0.2) is 41.8 Å². The molecule has 1 N–H and O–H groups in total. The number of alkyl halides is 1. The molecule has 0 spiro atoms. The van der Waals surface area contributed by atoms with Crippen molar-refractivity contribution in [2.75, 3.05) is 11.9 Å². The molecule has 0 aliphatic carbocycles. The summed E-state index contributed by atoms with van der Waals surface area (Å²) in [5.74, 6) is 0.265. The summed E-state index contributed by atoms with van der Waals surface area (Å²) in [4.78, 5) is 12.0. The van der Waals surface area contributed by atoms with Crippen LogP contribution >= 0.6 is 15.9 Å². The molecule has 2 aromatic carbocycles. The van der Waals surface area contributed by atoms with Crippen LogP contribution in [-0.2, 0) is 10.1 Å². The Bertz CT molecular complexity index is 1010. The summed E-state index contributed by atoms with van der Waals surface area (Å²) in [6.07, 6.45) is 1.58. The Labute approximate surface area is 167 Å². The Morgan fingerprint density at radius 2 is 1.89 bits per heavy atom. The first-order chi connectivity index (χ1) is 12.6.